The van der Waals surface area contributed by atoms with Gasteiger partial charge in [0, 0.05) is 35.5 Å². The van der Waals surface area contributed by atoms with E-state index in [-0.39, 0.29) is 22.6 Å². The van der Waals surface area contributed by atoms with Crippen molar-refractivity contribution in [1.29, 1.82) is 0 Å². The standard InChI is InChI=1S/C25H15ClF5N7O2S/c1-11(24-35-17(10-41-24)23(40)37-21-6-15(25(29,30)31)16(26)8-32-21)34-22(39)14-7-33-38-9-12(2-3-18(14)38)13-4-19(27)36-20(28)5-13/h2-11H,1H3,(H,34,39)(H,32,37,40). The minimum atomic E-state index is -4.73. The smallest absolute Gasteiger partial charge is 0.343 e. The lowest BCUT2D eigenvalue weighted by molar-refractivity contribution is -0.137. The minimum absolute atomic E-state index is 0.0936. The van der Waals surface area contributed by atoms with Gasteiger partial charge in [0.2, 0.25) is 11.9 Å². The first kappa shape index (κ1) is 28.0. The molecule has 0 aliphatic heterocycles. The number of nitrogens with zero attached hydrogens (tertiary/aromatic N) is 5. The Balaban J connectivity index is 1.28. The first-order valence-corrected chi connectivity index (χ1v) is 12.8. The van der Waals surface area contributed by atoms with Crippen molar-refractivity contribution in [3.8, 4) is 11.1 Å². The molecule has 0 saturated heterocycles. The summed E-state index contributed by atoms with van der Waals surface area (Å²) in [6, 6.07) is 5.23. The van der Waals surface area contributed by atoms with Crippen LogP contribution in [0.3, 0.4) is 0 Å². The molecule has 1 unspecified atom stereocenters. The number of anilines is 1. The molecule has 210 valence electrons. The second-order valence-electron chi connectivity index (χ2n) is 8.57. The third-order valence-corrected chi connectivity index (χ3v) is 7.06. The minimum Gasteiger partial charge on any atom is -0.343 e. The molecule has 0 saturated carbocycles. The van der Waals surface area contributed by atoms with Gasteiger partial charge in [-0.3, -0.25) is 9.59 Å². The predicted octanol–water partition coefficient (Wildman–Crippen LogP) is 5.94. The normalized spacial score (nSPS) is 12.4. The Kier molecular flexibility index (Phi) is 7.40. The molecule has 1 atom stereocenters. The number of carbonyl (C=O) groups excluding carboxylic acids is 2. The van der Waals surface area contributed by atoms with E-state index >= 15 is 0 Å². The molecule has 5 heterocycles. The van der Waals surface area contributed by atoms with Crippen LogP contribution in [-0.2, 0) is 6.18 Å². The molecule has 0 fully saturated rings. The van der Waals surface area contributed by atoms with Crippen LogP contribution in [0.5, 0.6) is 0 Å². The van der Waals surface area contributed by atoms with Gasteiger partial charge in [0.05, 0.1) is 33.9 Å². The maximum Gasteiger partial charge on any atom is 0.418 e. The molecule has 0 aliphatic carbocycles. The Morgan fingerprint density at radius 2 is 1.76 bits per heavy atom. The van der Waals surface area contributed by atoms with E-state index in [9.17, 15) is 31.5 Å². The van der Waals surface area contributed by atoms with E-state index < -0.39 is 46.5 Å². The summed E-state index contributed by atoms with van der Waals surface area (Å²) in [5.41, 5.74) is 0.0646. The summed E-state index contributed by atoms with van der Waals surface area (Å²) in [6.45, 7) is 1.63. The molecule has 41 heavy (non-hydrogen) atoms. The predicted molar refractivity (Wildman–Crippen MR) is 139 cm³/mol. The van der Waals surface area contributed by atoms with Gasteiger partial charge < -0.3 is 10.6 Å². The van der Waals surface area contributed by atoms with Crippen LogP contribution in [-0.4, -0.2) is 36.4 Å². The third-order valence-electron chi connectivity index (χ3n) is 5.73. The van der Waals surface area contributed by atoms with E-state index in [1.807, 2.05) is 0 Å². The average molecular weight is 608 g/mol. The van der Waals surface area contributed by atoms with Gasteiger partial charge in [-0.05, 0) is 24.6 Å². The van der Waals surface area contributed by atoms with Crippen LogP contribution in [0.2, 0.25) is 5.02 Å². The highest BCUT2D eigenvalue weighted by Gasteiger charge is 2.34. The Bertz CT molecular complexity index is 1790. The summed E-state index contributed by atoms with van der Waals surface area (Å²) >= 11 is 6.61. The van der Waals surface area contributed by atoms with Gasteiger partial charge >= 0.3 is 6.18 Å². The number of carbonyl (C=O) groups is 2. The second kappa shape index (κ2) is 10.8. The summed E-state index contributed by atoms with van der Waals surface area (Å²) < 4.78 is 67.7. The van der Waals surface area contributed by atoms with Crippen molar-refractivity contribution in [3.05, 3.63) is 93.0 Å². The number of fused-ring (bicyclic) bond motifs is 1. The van der Waals surface area contributed by atoms with Crippen molar-refractivity contribution < 1.29 is 31.5 Å². The van der Waals surface area contributed by atoms with Crippen LogP contribution >= 0.6 is 22.9 Å². The quantitative estimate of drug-likeness (QED) is 0.182. The van der Waals surface area contributed by atoms with E-state index in [4.69, 9.17) is 11.6 Å². The SMILES string of the molecule is CC(NC(=O)c1cnn2cc(-c3cc(F)nc(F)c3)ccc12)c1nc(C(=O)Nc2cc(C(F)(F)F)c(Cl)cn2)cs1. The molecule has 9 nitrogen and oxygen atoms in total. The lowest BCUT2D eigenvalue weighted by atomic mass is 10.1. The van der Waals surface area contributed by atoms with Crippen LogP contribution in [0, 0.1) is 11.9 Å². The van der Waals surface area contributed by atoms with E-state index in [0.717, 1.165) is 29.7 Å². The number of aromatic nitrogens is 5. The van der Waals surface area contributed by atoms with E-state index in [1.54, 1.807) is 19.1 Å². The van der Waals surface area contributed by atoms with Crippen molar-refractivity contribution in [1.82, 2.24) is 29.9 Å². The Morgan fingerprint density at radius 3 is 2.46 bits per heavy atom. The zero-order valence-electron chi connectivity index (χ0n) is 20.5. The number of halogens is 6. The zero-order chi connectivity index (χ0) is 29.5. The summed E-state index contributed by atoms with van der Waals surface area (Å²) in [4.78, 5) is 36.5. The number of rotatable bonds is 6. The molecule has 5 aromatic rings. The highest BCUT2D eigenvalue weighted by atomic mass is 35.5. The van der Waals surface area contributed by atoms with Crippen molar-refractivity contribution in [2.75, 3.05) is 5.32 Å². The van der Waals surface area contributed by atoms with E-state index in [2.05, 4.69) is 30.7 Å². The summed E-state index contributed by atoms with van der Waals surface area (Å²) in [5.74, 6) is -3.63. The third kappa shape index (κ3) is 6.00. The van der Waals surface area contributed by atoms with Crippen LogP contribution in [0.1, 0.15) is 44.4 Å². The van der Waals surface area contributed by atoms with Gasteiger partial charge in [-0.1, -0.05) is 17.7 Å². The van der Waals surface area contributed by atoms with Crippen molar-refractivity contribution >= 4 is 46.1 Å². The molecule has 0 spiro atoms. The highest BCUT2D eigenvalue weighted by molar-refractivity contribution is 7.09. The van der Waals surface area contributed by atoms with Crippen molar-refractivity contribution in [2.45, 2.75) is 19.1 Å². The van der Waals surface area contributed by atoms with Crippen LogP contribution in [0.4, 0.5) is 27.8 Å². The van der Waals surface area contributed by atoms with E-state index in [1.165, 1.54) is 22.3 Å². The average Bonchev–Trinajstić information content (AvgIpc) is 3.56. The van der Waals surface area contributed by atoms with Gasteiger partial charge in [-0.2, -0.15) is 32.0 Å². The molecule has 0 radical (unpaired) electrons. The lowest BCUT2D eigenvalue weighted by Gasteiger charge is -2.11. The zero-order valence-corrected chi connectivity index (χ0v) is 22.1. The number of hydrogen-bond acceptors (Lipinski definition) is 7. The monoisotopic (exact) mass is 607 g/mol. The number of nitrogens with one attached hydrogen (secondary N) is 2. The Labute approximate surface area is 236 Å². The maximum absolute atomic E-state index is 13.5. The molecule has 0 aromatic carbocycles. The molecule has 0 bridgehead atoms. The van der Waals surface area contributed by atoms with E-state index in [0.29, 0.717) is 22.2 Å². The second-order valence-corrected chi connectivity index (χ2v) is 9.87. The number of hydrogen-bond donors (Lipinski definition) is 2. The van der Waals surface area contributed by atoms with Gasteiger partial charge in [-0.15, -0.1) is 11.3 Å². The number of thiazole rings is 1. The fraction of sp³-hybridized carbons (Fsp3) is 0.120. The molecule has 5 aromatic heterocycles. The fourth-order valence-corrected chi connectivity index (χ4v) is 4.81. The first-order valence-electron chi connectivity index (χ1n) is 11.5. The molecular formula is C25H15ClF5N7O2S. The summed E-state index contributed by atoms with van der Waals surface area (Å²) in [6.07, 6.45) is -1.13. The molecule has 2 N–H and O–H groups in total. The van der Waals surface area contributed by atoms with Crippen LogP contribution in [0.25, 0.3) is 16.6 Å². The molecular weight excluding hydrogens is 593 g/mol. The van der Waals surface area contributed by atoms with Gasteiger partial charge in [0.15, 0.2) is 0 Å². The number of alkyl halides is 3. The highest BCUT2D eigenvalue weighted by Crippen LogP contribution is 2.35. The van der Waals surface area contributed by atoms with Gasteiger partial charge in [-0.25, -0.2) is 14.5 Å². The number of pyridine rings is 3. The summed E-state index contributed by atoms with van der Waals surface area (Å²) in [7, 11) is 0. The Hall–Kier alpha value is -4.50. The van der Waals surface area contributed by atoms with Crippen molar-refractivity contribution in [3.63, 3.8) is 0 Å². The topological polar surface area (TPSA) is 114 Å². The molecule has 0 aliphatic rings. The molecule has 16 heteroatoms. The van der Waals surface area contributed by atoms with Crippen molar-refractivity contribution in [2.24, 2.45) is 0 Å². The molecule has 2 amide bonds. The maximum atomic E-state index is 13.5. The number of amides is 2. The lowest BCUT2D eigenvalue weighted by Crippen LogP contribution is -2.26. The molecule has 5 rings (SSSR count). The first-order chi connectivity index (χ1) is 19.4. The van der Waals surface area contributed by atoms with Gasteiger partial charge in [0.1, 0.15) is 16.5 Å². The van der Waals surface area contributed by atoms with Crippen LogP contribution in [0.15, 0.2) is 54.3 Å². The summed E-state index contributed by atoms with van der Waals surface area (Å²) in [5, 5.41) is 10.3. The largest absolute Gasteiger partial charge is 0.418 e. The van der Waals surface area contributed by atoms with Crippen LogP contribution < -0.4 is 10.6 Å². The fourth-order valence-electron chi connectivity index (χ4n) is 3.79. The Morgan fingerprint density at radius 1 is 1.02 bits per heavy atom. The van der Waals surface area contributed by atoms with Gasteiger partial charge in [0.25, 0.3) is 11.8 Å².